The number of piperidine rings is 1. The van der Waals surface area contributed by atoms with Crippen molar-refractivity contribution in [3.05, 3.63) is 72.0 Å². The fraction of sp³-hybridized carbons (Fsp3) is 0.333. The second-order valence-corrected chi connectivity index (χ2v) is 9.01. The lowest BCUT2D eigenvalue weighted by atomic mass is 9.96. The summed E-state index contributed by atoms with van der Waals surface area (Å²) < 4.78 is 50.7. The van der Waals surface area contributed by atoms with Crippen LogP contribution >= 0.6 is 0 Å². The van der Waals surface area contributed by atoms with Crippen molar-refractivity contribution in [1.29, 1.82) is 0 Å². The van der Waals surface area contributed by atoms with Crippen molar-refractivity contribution in [1.82, 2.24) is 15.7 Å². The molecule has 0 bridgehead atoms. The number of rotatable bonds is 9. The highest BCUT2D eigenvalue weighted by Gasteiger charge is 2.41. The molecule has 0 spiro atoms. The number of halogens is 3. The minimum atomic E-state index is -4.19. The Morgan fingerprint density at radius 2 is 1.82 bits per heavy atom. The van der Waals surface area contributed by atoms with Gasteiger partial charge in [0.2, 0.25) is 5.91 Å². The Balaban J connectivity index is 1.37. The minimum absolute atomic E-state index is 0.0199. The highest BCUT2D eigenvalue weighted by molar-refractivity contribution is 5.96. The van der Waals surface area contributed by atoms with Crippen LogP contribution in [0.5, 0.6) is 5.75 Å². The summed E-state index contributed by atoms with van der Waals surface area (Å²) >= 11 is 0. The molecule has 0 saturated carbocycles. The lowest BCUT2D eigenvalue weighted by Crippen LogP contribution is -2.39. The average Bonchev–Trinajstić information content (AvgIpc) is 3.35. The molecule has 8 nitrogen and oxygen atoms in total. The first-order valence-electron chi connectivity index (χ1n) is 12.2. The number of benzene rings is 2. The van der Waals surface area contributed by atoms with Crippen LogP contribution in [0, 0.1) is 5.92 Å². The molecule has 2 heterocycles. The van der Waals surface area contributed by atoms with Crippen LogP contribution in [0.25, 0.3) is 16.5 Å². The molecule has 38 heavy (non-hydrogen) atoms. The van der Waals surface area contributed by atoms with Gasteiger partial charge in [-0.3, -0.25) is 19.7 Å². The van der Waals surface area contributed by atoms with Crippen molar-refractivity contribution in [3.8, 4) is 5.75 Å². The maximum atomic E-state index is 13.1. The van der Waals surface area contributed by atoms with Crippen LogP contribution in [0.1, 0.15) is 29.0 Å². The van der Waals surface area contributed by atoms with Gasteiger partial charge < -0.3 is 14.5 Å². The van der Waals surface area contributed by atoms with E-state index in [0.29, 0.717) is 22.7 Å². The standard InChI is InChI=1S/C27H28F3N3O5/c28-27(29,30)21-9-12-33(13-10-21)17-20(24-15-19-3-1-2-4-23(19)38-24)16-25(34)31-11-14-37-22-7-5-18(6-8-22)26(35)32-36/h1-8,15-16,21,36H,9-14,17H2,(H,31,34)(H,32,35)/b20-16+. The number of hydrogen-bond donors (Lipinski definition) is 3. The molecule has 1 fully saturated rings. The molecule has 2 amide bonds. The van der Waals surface area contributed by atoms with Gasteiger partial charge in [-0.1, -0.05) is 18.2 Å². The van der Waals surface area contributed by atoms with Crippen LogP contribution in [0.4, 0.5) is 13.2 Å². The first kappa shape index (κ1) is 27.2. The van der Waals surface area contributed by atoms with E-state index in [9.17, 15) is 22.8 Å². The monoisotopic (exact) mass is 531 g/mol. The largest absolute Gasteiger partial charge is 0.492 e. The lowest BCUT2D eigenvalue weighted by molar-refractivity contribution is -0.184. The Hall–Kier alpha value is -3.83. The van der Waals surface area contributed by atoms with Gasteiger partial charge in [-0.25, -0.2) is 5.48 Å². The number of nitrogens with zero attached hydrogens (tertiary/aromatic N) is 1. The summed E-state index contributed by atoms with van der Waals surface area (Å²) in [6, 6.07) is 15.3. The van der Waals surface area contributed by atoms with E-state index in [4.69, 9.17) is 14.4 Å². The maximum Gasteiger partial charge on any atom is 0.391 e. The number of carbonyl (C=O) groups is 2. The molecule has 0 radical (unpaired) electrons. The summed E-state index contributed by atoms with van der Waals surface area (Å²) in [5.74, 6) is -1.36. The molecule has 1 aromatic heterocycles. The number of likely N-dealkylation sites (tertiary alicyclic amines) is 1. The Morgan fingerprint density at radius 3 is 2.47 bits per heavy atom. The van der Waals surface area contributed by atoms with E-state index in [1.807, 2.05) is 35.2 Å². The molecule has 0 atom stereocenters. The molecule has 0 unspecified atom stereocenters. The molecule has 3 N–H and O–H groups in total. The predicted molar refractivity (Wildman–Crippen MR) is 134 cm³/mol. The zero-order chi connectivity index (χ0) is 27.1. The van der Waals surface area contributed by atoms with Gasteiger partial charge in [0.25, 0.3) is 5.91 Å². The van der Waals surface area contributed by atoms with Crippen molar-refractivity contribution in [2.75, 3.05) is 32.8 Å². The number of alkyl halides is 3. The van der Waals surface area contributed by atoms with Crippen molar-refractivity contribution < 1.29 is 37.1 Å². The van der Waals surface area contributed by atoms with Crippen molar-refractivity contribution in [3.63, 3.8) is 0 Å². The molecular formula is C27H28F3N3O5. The van der Waals surface area contributed by atoms with Gasteiger partial charge >= 0.3 is 6.18 Å². The maximum absolute atomic E-state index is 13.1. The van der Waals surface area contributed by atoms with Crippen LogP contribution in [0.15, 0.2) is 65.1 Å². The number of hydrogen-bond acceptors (Lipinski definition) is 6. The highest BCUT2D eigenvalue weighted by Crippen LogP contribution is 2.35. The van der Waals surface area contributed by atoms with E-state index in [2.05, 4.69) is 5.32 Å². The number of hydroxylamine groups is 1. The van der Waals surface area contributed by atoms with Gasteiger partial charge in [0.05, 0.1) is 12.5 Å². The van der Waals surface area contributed by atoms with Crippen LogP contribution in [0.2, 0.25) is 0 Å². The molecule has 1 aliphatic rings. The molecule has 1 saturated heterocycles. The molecule has 11 heteroatoms. The molecule has 202 valence electrons. The third-order valence-electron chi connectivity index (χ3n) is 6.38. The zero-order valence-electron chi connectivity index (χ0n) is 20.5. The van der Waals surface area contributed by atoms with Gasteiger partial charge in [-0.2, -0.15) is 13.2 Å². The van der Waals surface area contributed by atoms with Crippen LogP contribution in [-0.4, -0.2) is 60.9 Å². The van der Waals surface area contributed by atoms with Crippen molar-refractivity contribution >= 4 is 28.4 Å². The highest BCUT2D eigenvalue weighted by atomic mass is 19.4. The van der Waals surface area contributed by atoms with Crippen LogP contribution < -0.4 is 15.5 Å². The summed E-state index contributed by atoms with van der Waals surface area (Å²) in [6.07, 6.45) is -2.74. The van der Waals surface area contributed by atoms with Gasteiger partial charge in [0, 0.05) is 29.1 Å². The van der Waals surface area contributed by atoms with Gasteiger partial charge in [0.15, 0.2) is 0 Å². The smallest absolute Gasteiger partial charge is 0.391 e. The summed E-state index contributed by atoms with van der Waals surface area (Å²) in [4.78, 5) is 26.0. The van der Waals surface area contributed by atoms with E-state index < -0.39 is 18.0 Å². The zero-order valence-corrected chi connectivity index (χ0v) is 20.5. The van der Waals surface area contributed by atoms with E-state index in [1.165, 1.54) is 18.2 Å². The van der Waals surface area contributed by atoms with Gasteiger partial charge in [0.1, 0.15) is 23.7 Å². The number of furan rings is 1. The Kier molecular flexibility index (Phi) is 8.70. The Bertz CT molecular complexity index is 1250. The summed E-state index contributed by atoms with van der Waals surface area (Å²) in [5, 5.41) is 12.3. The number of fused-ring (bicyclic) bond motifs is 1. The van der Waals surface area contributed by atoms with E-state index in [-0.39, 0.29) is 57.1 Å². The summed E-state index contributed by atoms with van der Waals surface area (Å²) in [5.41, 5.74) is 3.03. The third-order valence-corrected chi connectivity index (χ3v) is 6.38. The van der Waals surface area contributed by atoms with Crippen molar-refractivity contribution in [2.45, 2.75) is 19.0 Å². The fourth-order valence-corrected chi connectivity index (χ4v) is 4.31. The number of carbonyl (C=O) groups excluding carboxylic acids is 2. The first-order chi connectivity index (χ1) is 18.2. The third kappa shape index (κ3) is 7.14. The first-order valence-corrected chi connectivity index (χ1v) is 12.2. The molecular weight excluding hydrogens is 503 g/mol. The second kappa shape index (κ2) is 12.1. The number of nitrogens with one attached hydrogen (secondary N) is 2. The minimum Gasteiger partial charge on any atom is -0.492 e. The number of ether oxygens (including phenoxy) is 1. The summed E-state index contributed by atoms with van der Waals surface area (Å²) in [7, 11) is 0. The normalized spacial score (nSPS) is 15.4. The molecule has 3 aromatic rings. The quantitative estimate of drug-likeness (QED) is 0.164. The lowest BCUT2D eigenvalue weighted by Gasteiger charge is -2.33. The van der Waals surface area contributed by atoms with Crippen LogP contribution in [-0.2, 0) is 4.79 Å². The SMILES string of the molecule is O=C(/C=C(\CN1CCC(C(F)(F)F)CC1)c1cc2ccccc2o1)NCCOc1ccc(C(=O)NO)cc1. The molecule has 2 aromatic carbocycles. The van der Waals surface area contributed by atoms with Crippen LogP contribution in [0.3, 0.4) is 0 Å². The van der Waals surface area contributed by atoms with Gasteiger partial charge in [-0.05, 0) is 62.3 Å². The summed E-state index contributed by atoms with van der Waals surface area (Å²) in [6.45, 7) is 1.18. The second-order valence-electron chi connectivity index (χ2n) is 9.01. The van der Waals surface area contributed by atoms with Gasteiger partial charge in [-0.15, -0.1) is 0 Å². The molecule has 0 aliphatic carbocycles. The number of amides is 2. The Labute approximate surface area is 217 Å². The topological polar surface area (TPSA) is 104 Å². The van der Waals surface area contributed by atoms with E-state index >= 15 is 0 Å². The Morgan fingerprint density at radius 1 is 1.11 bits per heavy atom. The molecule has 1 aliphatic heterocycles. The van der Waals surface area contributed by atoms with E-state index in [0.717, 1.165) is 5.39 Å². The average molecular weight is 532 g/mol. The molecule has 4 rings (SSSR count). The van der Waals surface area contributed by atoms with Crippen molar-refractivity contribution in [2.24, 2.45) is 5.92 Å². The number of para-hydroxylation sites is 1. The predicted octanol–water partition coefficient (Wildman–Crippen LogP) is 4.40. The fourth-order valence-electron chi connectivity index (χ4n) is 4.31. The van der Waals surface area contributed by atoms with E-state index in [1.54, 1.807) is 17.6 Å².